The quantitative estimate of drug-likeness (QED) is 0.735. The lowest BCUT2D eigenvalue weighted by Gasteiger charge is -2.10. The van der Waals surface area contributed by atoms with Crippen LogP contribution in [-0.2, 0) is 10.3 Å². The summed E-state index contributed by atoms with van der Waals surface area (Å²) >= 11 is 0. The lowest BCUT2D eigenvalue weighted by Crippen LogP contribution is -2.08. The van der Waals surface area contributed by atoms with Gasteiger partial charge in [0.05, 0.1) is 0 Å². The van der Waals surface area contributed by atoms with E-state index in [-0.39, 0.29) is 17.5 Å². The van der Waals surface area contributed by atoms with E-state index >= 15 is 0 Å². The van der Waals surface area contributed by atoms with Gasteiger partial charge in [0.15, 0.2) is 0 Å². The third kappa shape index (κ3) is 1.73. The van der Waals surface area contributed by atoms with Crippen molar-refractivity contribution in [2.75, 3.05) is 0 Å². The van der Waals surface area contributed by atoms with Crippen LogP contribution in [0, 0.1) is 5.82 Å². The highest BCUT2D eigenvalue weighted by atomic mass is 19.1. The first-order valence-electron chi connectivity index (χ1n) is 6.25. The van der Waals surface area contributed by atoms with Gasteiger partial charge in [-0.1, -0.05) is 49.4 Å². The van der Waals surface area contributed by atoms with Crippen LogP contribution in [0.4, 0.5) is 4.39 Å². The summed E-state index contributed by atoms with van der Waals surface area (Å²) in [6.07, 6.45) is 0.962. The van der Waals surface area contributed by atoms with Gasteiger partial charge in [-0.15, -0.1) is 0 Å². The summed E-state index contributed by atoms with van der Waals surface area (Å²) in [6, 6.07) is 16.8. The normalized spacial score (nSPS) is 26.0. The maximum Gasteiger partial charge on any atom is 0.124 e. The fourth-order valence-electron chi connectivity index (χ4n) is 2.56. The highest BCUT2D eigenvalue weighted by molar-refractivity contribution is 5.35. The SMILES string of the molecule is CC[C@]1(c2ccccc2)O[C@@H]1c1ccc(F)cc1. The molecule has 1 aliphatic rings. The molecule has 18 heavy (non-hydrogen) atoms. The molecule has 3 rings (SSSR count). The van der Waals surface area contributed by atoms with E-state index in [1.807, 2.05) is 18.2 Å². The van der Waals surface area contributed by atoms with Crippen LogP contribution >= 0.6 is 0 Å². The van der Waals surface area contributed by atoms with Crippen molar-refractivity contribution in [2.24, 2.45) is 0 Å². The monoisotopic (exact) mass is 242 g/mol. The second kappa shape index (κ2) is 4.21. The summed E-state index contributed by atoms with van der Waals surface area (Å²) in [4.78, 5) is 0. The van der Waals surface area contributed by atoms with Crippen LogP contribution in [0.1, 0.15) is 30.6 Å². The van der Waals surface area contributed by atoms with Gasteiger partial charge in [0.2, 0.25) is 0 Å². The molecule has 2 aromatic carbocycles. The molecule has 1 nitrogen and oxygen atoms in total. The van der Waals surface area contributed by atoms with E-state index in [1.54, 1.807) is 12.1 Å². The van der Waals surface area contributed by atoms with Crippen molar-refractivity contribution in [3.8, 4) is 0 Å². The van der Waals surface area contributed by atoms with Crippen molar-refractivity contribution in [2.45, 2.75) is 25.0 Å². The lowest BCUT2D eigenvalue weighted by atomic mass is 9.90. The number of hydrogen-bond acceptors (Lipinski definition) is 1. The Hall–Kier alpha value is -1.67. The van der Waals surface area contributed by atoms with Crippen LogP contribution in [0.15, 0.2) is 54.6 Å². The number of hydrogen-bond donors (Lipinski definition) is 0. The molecule has 0 spiro atoms. The molecule has 0 unspecified atom stereocenters. The Bertz CT molecular complexity index is 535. The molecule has 1 aliphatic heterocycles. The molecule has 1 heterocycles. The number of rotatable bonds is 3. The minimum absolute atomic E-state index is 0.0468. The van der Waals surface area contributed by atoms with Crippen LogP contribution in [0.3, 0.4) is 0 Å². The lowest BCUT2D eigenvalue weighted by molar-refractivity contribution is 0.290. The fraction of sp³-hybridized carbons (Fsp3) is 0.250. The molecule has 0 amide bonds. The zero-order chi connectivity index (χ0) is 12.6. The van der Waals surface area contributed by atoms with Gasteiger partial charge in [-0.25, -0.2) is 4.39 Å². The highest BCUT2D eigenvalue weighted by Gasteiger charge is 2.56. The summed E-state index contributed by atoms with van der Waals surface area (Å²) in [5.74, 6) is -0.207. The van der Waals surface area contributed by atoms with Crippen molar-refractivity contribution < 1.29 is 9.13 Å². The van der Waals surface area contributed by atoms with Crippen molar-refractivity contribution in [3.63, 3.8) is 0 Å². The smallest absolute Gasteiger partial charge is 0.124 e. The first-order chi connectivity index (χ1) is 8.76. The zero-order valence-electron chi connectivity index (χ0n) is 10.3. The van der Waals surface area contributed by atoms with E-state index in [1.165, 1.54) is 17.7 Å². The van der Waals surface area contributed by atoms with Crippen LogP contribution < -0.4 is 0 Å². The Balaban J connectivity index is 1.92. The molecule has 0 saturated carbocycles. The van der Waals surface area contributed by atoms with Crippen LogP contribution in [-0.4, -0.2) is 0 Å². The first-order valence-corrected chi connectivity index (χ1v) is 6.25. The average Bonchev–Trinajstić information content (AvgIpc) is 3.17. The molecule has 0 radical (unpaired) electrons. The number of ether oxygens (including phenoxy) is 1. The van der Waals surface area contributed by atoms with E-state index in [4.69, 9.17) is 4.74 Å². The van der Waals surface area contributed by atoms with Gasteiger partial charge in [0.25, 0.3) is 0 Å². The van der Waals surface area contributed by atoms with E-state index in [0.717, 1.165) is 12.0 Å². The Morgan fingerprint density at radius 1 is 1.06 bits per heavy atom. The summed E-state index contributed by atoms with van der Waals surface area (Å²) in [6.45, 7) is 2.12. The molecule has 0 aromatic heterocycles. The number of benzene rings is 2. The molecule has 2 heteroatoms. The molecule has 2 atom stereocenters. The van der Waals surface area contributed by atoms with E-state index in [2.05, 4.69) is 19.1 Å². The van der Waals surface area contributed by atoms with Gasteiger partial charge in [-0.2, -0.15) is 0 Å². The molecular weight excluding hydrogens is 227 g/mol. The predicted molar refractivity (Wildman–Crippen MR) is 68.6 cm³/mol. The Morgan fingerprint density at radius 2 is 1.72 bits per heavy atom. The molecule has 0 bridgehead atoms. The average molecular weight is 242 g/mol. The van der Waals surface area contributed by atoms with Crippen molar-refractivity contribution in [1.82, 2.24) is 0 Å². The first kappa shape index (κ1) is 11.4. The summed E-state index contributed by atoms with van der Waals surface area (Å²) < 4.78 is 18.9. The van der Waals surface area contributed by atoms with Crippen LogP contribution in [0.2, 0.25) is 0 Å². The molecule has 1 fully saturated rings. The molecule has 0 N–H and O–H groups in total. The summed E-state index contributed by atoms with van der Waals surface area (Å²) in [5, 5.41) is 0. The van der Waals surface area contributed by atoms with Gasteiger partial charge < -0.3 is 4.74 Å². The molecule has 2 aromatic rings. The van der Waals surface area contributed by atoms with Gasteiger partial charge in [-0.05, 0) is 29.7 Å². The number of halogens is 1. The maximum atomic E-state index is 12.9. The highest BCUT2D eigenvalue weighted by Crippen LogP contribution is 2.58. The Kier molecular flexibility index (Phi) is 2.67. The van der Waals surface area contributed by atoms with Crippen molar-refractivity contribution >= 4 is 0 Å². The molecule has 1 saturated heterocycles. The van der Waals surface area contributed by atoms with Crippen molar-refractivity contribution in [1.29, 1.82) is 0 Å². The third-order valence-electron chi connectivity index (χ3n) is 3.65. The van der Waals surface area contributed by atoms with Crippen LogP contribution in [0.5, 0.6) is 0 Å². The van der Waals surface area contributed by atoms with Crippen LogP contribution in [0.25, 0.3) is 0 Å². The zero-order valence-corrected chi connectivity index (χ0v) is 10.3. The van der Waals surface area contributed by atoms with Gasteiger partial charge in [0.1, 0.15) is 17.5 Å². The Morgan fingerprint density at radius 3 is 2.33 bits per heavy atom. The summed E-state index contributed by atoms with van der Waals surface area (Å²) in [7, 11) is 0. The second-order valence-corrected chi connectivity index (χ2v) is 4.66. The van der Waals surface area contributed by atoms with E-state index in [0.29, 0.717) is 0 Å². The van der Waals surface area contributed by atoms with Crippen molar-refractivity contribution in [3.05, 3.63) is 71.5 Å². The van der Waals surface area contributed by atoms with Gasteiger partial charge in [0, 0.05) is 0 Å². The van der Waals surface area contributed by atoms with Gasteiger partial charge >= 0.3 is 0 Å². The number of epoxide rings is 1. The Labute approximate surface area is 106 Å². The minimum Gasteiger partial charge on any atom is -0.356 e. The van der Waals surface area contributed by atoms with E-state index in [9.17, 15) is 4.39 Å². The maximum absolute atomic E-state index is 12.9. The molecule has 0 aliphatic carbocycles. The minimum atomic E-state index is -0.223. The topological polar surface area (TPSA) is 12.5 Å². The molecule has 92 valence electrons. The summed E-state index contributed by atoms with van der Waals surface area (Å²) in [5.41, 5.74) is 2.02. The fourth-order valence-corrected chi connectivity index (χ4v) is 2.56. The largest absolute Gasteiger partial charge is 0.356 e. The van der Waals surface area contributed by atoms with Gasteiger partial charge in [-0.3, -0.25) is 0 Å². The third-order valence-corrected chi connectivity index (χ3v) is 3.65. The predicted octanol–water partition coefficient (Wildman–Crippen LogP) is 4.20. The standard InChI is InChI=1S/C16H15FO/c1-2-16(13-6-4-3-5-7-13)15(18-16)12-8-10-14(17)11-9-12/h3-11,15H,2H2,1H3/t15-,16-/m1/s1. The van der Waals surface area contributed by atoms with E-state index < -0.39 is 0 Å². The second-order valence-electron chi connectivity index (χ2n) is 4.66. The molecular formula is C16H15FO.